The van der Waals surface area contributed by atoms with E-state index in [2.05, 4.69) is 10.2 Å². The SMILES string of the molecule is COc1ccc(C(=O)N2CCN(c3ccc(NC=C(C#N)C#N)cc3)CC2)cc1. The van der Waals surface area contributed by atoms with Gasteiger partial charge in [-0.3, -0.25) is 4.79 Å². The number of piperazine rings is 1. The van der Waals surface area contributed by atoms with Gasteiger partial charge < -0.3 is 19.9 Å². The Balaban J connectivity index is 1.56. The van der Waals surface area contributed by atoms with Crippen LogP contribution < -0.4 is 15.0 Å². The van der Waals surface area contributed by atoms with Crippen LogP contribution in [0.4, 0.5) is 11.4 Å². The Labute approximate surface area is 170 Å². The van der Waals surface area contributed by atoms with E-state index in [1.54, 1.807) is 43.5 Å². The Morgan fingerprint density at radius 2 is 1.62 bits per heavy atom. The fraction of sp³-hybridized carbons (Fsp3) is 0.227. The Morgan fingerprint density at radius 1 is 1.00 bits per heavy atom. The number of methoxy groups -OCH3 is 1. The Hall–Kier alpha value is -3.97. The molecule has 0 radical (unpaired) electrons. The molecule has 1 N–H and O–H groups in total. The van der Waals surface area contributed by atoms with Crippen molar-refractivity contribution in [1.82, 2.24) is 4.90 Å². The minimum Gasteiger partial charge on any atom is -0.497 e. The first-order valence-corrected chi connectivity index (χ1v) is 9.20. The van der Waals surface area contributed by atoms with Crippen molar-refractivity contribution in [2.24, 2.45) is 0 Å². The molecule has 146 valence electrons. The molecule has 0 atom stereocenters. The maximum atomic E-state index is 12.7. The first-order chi connectivity index (χ1) is 14.1. The van der Waals surface area contributed by atoms with Gasteiger partial charge in [0.05, 0.1) is 7.11 Å². The van der Waals surface area contributed by atoms with Crippen LogP contribution in [0.1, 0.15) is 10.4 Å². The summed E-state index contributed by atoms with van der Waals surface area (Å²) in [5, 5.41) is 20.4. The molecule has 0 bridgehead atoms. The summed E-state index contributed by atoms with van der Waals surface area (Å²) in [5.41, 5.74) is 2.55. The first kappa shape index (κ1) is 19.8. The van der Waals surface area contributed by atoms with Gasteiger partial charge in [-0.05, 0) is 48.5 Å². The lowest BCUT2D eigenvalue weighted by Gasteiger charge is -2.36. The summed E-state index contributed by atoms with van der Waals surface area (Å²) in [6.45, 7) is 2.81. The van der Waals surface area contributed by atoms with Crippen molar-refractivity contribution >= 4 is 17.3 Å². The van der Waals surface area contributed by atoms with Gasteiger partial charge in [0.15, 0.2) is 0 Å². The van der Waals surface area contributed by atoms with Gasteiger partial charge in [-0.2, -0.15) is 10.5 Å². The van der Waals surface area contributed by atoms with Crippen LogP contribution in [0.15, 0.2) is 60.3 Å². The van der Waals surface area contributed by atoms with E-state index in [1.165, 1.54) is 6.20 Å². The van der Waals surface area contributed by atoms with Crippen LogP contribution in [0.25, 0.3) is 0 Å². The molecule has 0 saturated carbocycles. The summed E-state index contributed by atoms with van der Waals surface area (Å²) in [4.78, 5) is 16.8. The lowest BCUT2D eigenvalue weighted by atomic mass is 10.1. The van der Waals surface area contributed by atoms with Crippen molar-refractivity contribution in [3.8, 4) is 17.9 Å². The fourth-order valence-corrected chi connectivity index (χ4v) is 3.10. The normalized spacial score (nSPS) is 13.1. The first-order valence-electron chi connectivity index (χ1n) is 9.20. The number of carbonyl (C=O) groups excluding carboxylic acids is 1. The third kappa shape index (κ3) is 4.85. The number of carbonyl (C=O) groups is 1. The van der Waals surface area contributed by atoms with E-state index in [1.807, 2.05) is 29.2 Å². The van der Waals surface area contributed by atoms with E-state index >= 15 is 0 Å². The van der Waals surface area contributed by atoms with Crippen molar-refractivity contribution in [3.63, 3.8) is 0 Å². The van der Waals surface area contributed by atoms with E-state index in [0.29, 0.717) is 18.7 Å². The van der Waals surface area contributed by atoms with Gasteiger partial charge in [0, 0.05) is 49.3 Å². The number of benzene rings is 2. The van der Waals surface area contributed by atoms with Crippen LogP contribution in [-0.4, -0.2) is 44.1 Å². The smallest absolute Gasteiger partial charge is 0.253 e. The third-order valence-electron chi connectivity index (χ3n) is 4.76. The molecule has 1 aliphatic rings. The molecule has 1 heterocycles. The van der Waals surface area contributed by atoms with Crippen LogP contribution in [0, 0.1) is 22.7 Å². The number of anilines is 2. The number of allylic oxidation sites excluding steroid dienone is 1. The molecule has 0 unspecified atom stereocenters. The molecule has 0 aromatic heterocycles. The lowest BCUT2D eigenvalue weighted by Crippen LogP contribution is -2.48. The van der Waals surface area contributed by atoms with Crippen molar-refractivity contribution in [3.05, 3.63) is 65.9 Å². The predicted octanol–water partition coefficient (Wildman–Crippen LogP) is 3.00. The second-order valence-corrected chi connectivity index (χ2v) is 6.48. The van der Waals surface area contributed by atoms with Crippen LogP contribution in [-0.2, 0) is 0 Å². The summed E-state index contributed by atoms with van der Waals surface area (Å²) in [6, 6.07) is 18.5. The fourth-order valence-electron chi connectivity index (χ4n) is 3.10. The maximum Gasteiger partial charge on any atom is 0.253 e. The number of rotatable bonds is 5. The summed E-state index contributed by atoms with van der Waals surface area (Å²) in [6.07, 6.45) is 1.39. The summed E-state index contributed by atoms with van der Waals surface area (Å²) in [7, 11) is 1.60. The number of amides is 1. The lowest BCUT2D eigenvalue weighted by molar-refractivity contribution is 0.0747. The highest BCUT2D eigenvalue weighted by molar-refractivity contribution is 5.94. The zero-order valence-electron chi connectivity index (χ0n) is 16.1. The number of nitriles is 2. The molecular formula is C22H21N5O2. The van der Waals surface area contributed by atoms with E-state index in [-0.39, 0.29) is 11.5 Å². The number of hydrogen-bond acceptors (Lipinski definition) is 6. The van der Waals surface area contributed by atoms with Gasteiger partial charge in [-0.25, -0.2) is 0 Å². The second kappa shape index (κ2) is 9.29. The highest BCUT2D eigenvalue weighted by atomic mass is 16.5. The van der Waals surface area contributed by atoms with Gasteiger partial charge in [0.25, 0.3) is 5.91 Å². The van der Waals surface area contributed by atoms with Gasteiger partial charge in [-0.1, -0.05) is 0 Å². The number of hydrogen-bond donors (Lipinski definition) is 1. The van der Waals surface area contributed by atoms with Crippen LogP contribution in [0.5, 0.6) is 5.75 Å². The van der Waals surface area contributed by atoms with Crippen LogP contribution in [0.3, 0.4) is 0 Å². The average molecular weight is 387 g/mol. The highest BCUT2D eigenvalue weighted by Crippen LogP contribution is 2.21. The molecule has 1 amide bonds. The van der Waals surface area contributed by atoms with Gasteiger partial charge in [0.2, 0.25) is 0 Å². The van der Waals surface area contributed by atoms with Crippen molar-refractivity contribution < 1.29 is 9.53 Å². The van der Waals surface area contributed by atoms with E-state index in [0.717, 1.165) is 30.2 Å². The summed E-state index contributed by atoms with van der Waals surface area (Å²) in [5.74, 6) is 0.765. The van der Waals surface area contributed by atoms with Gasteiger partial charge in [-0.15, -0.1) is 0 Å². The molecule has 3 rings (SSSR count). The minimum absolute atomic E-state index is 0.0201. The number of nitrogens with zero attached hydrogens (tertiary/aromatic N) is 4. The molecule has 1 fully saturated rings. The van der Waals surface area contributed by atoms with Gasteiger partial charge in [0.1, 0.15) is 23.5 Å². The average Bonchev–Trinajstić information content (AvgIpc) is 2.80. The van der Waals surface area contributed by atoms with E-state index in [4.69, 9.17) is 15.3 Å². The van der Waals surface area contributed by atoms with Crippen molar-refractivity contribution in [2.75, 3.05) is 43.5 Å². The highest BCUT2D eigenvalue weighted by Gasteiger charge is 2.22. The molecule has 0 aliphatic carbocycles. The van der Waals surface area contributed by atoms with Crippen LogP contribution >= 0.6 is 0 Å². The van der Waals surface area contributed by atoms with Gasteiger partial charge >= 0.3 is 0 Å². The largest absolute Gasteiger partial charge is 0.497 e. The monoisotopic (exact) mass is 387 g/mol. The number of ether oxygens (including phenoxy) is 1. The third-order valence-corrected chi connectivity index (χ3v) is 4.76. The quantitative estimate of drug-likeness (QED) is 0.793. The maximum absolute atomic E-state index is 12.7. The summed E-state index contributed by atoms with van der Waals surface area (Å²) >= 11 is 0. The molecule has 2 aromatic rings. The molecule has 2 aromatic carbocycles. The zero-order valence-corrected chi connectivity index (χ0v) is 16.1. The molecular weight excluding hydrogens is 366 g/mol. The van der Waals surface area contributed by atoms with Crippen molar-refractivity contribution in [2.45, 2.75) is 0 Å². The Morgan fingerprint density at radius 3 is 2.17 bits per heavy atom. The second-order valence-electron chi connectivity index (χ2n) is 6.48. The molecule has 29 heavy (non-hydrogen) atoms. The standard InChI is InChI=1S/C22H21N5O2/c1-29-21-8-2-18(3-9-21)22(28)27-12-10-26(11-13-27)20-6-4-19(5-7-20)25-16-17(14-23)15-24/h2-9,16,25H,10-13H2,1H3. The topological polar surface area (TPSA) is 92.4 Å². The Bertz CT molecular complexity index is 944. The molecule has 7 nitrogen and oxygen atoms in total. The zero-order chi connectivity index (χ0) is 20.6. The van der Waals surface area contributed by atoms with Crippen LogP contribution in [0.2, 0.25) is 0 Å². The minimum atomic E-state index is 0.0201. The molecule has 7 heteroatoms. The molecule has 1 aliphatic heterocycles. The van der Waals surface area contributed by atoms with E-state index in [9.17, 15) is 4.79 Å². The molecule has 1 saturated heterocycles. The summed E-state index contributed by atoms with van der Waals surface area (Å²) < 4.78 is 5.14. The molecule has 0 spiro atoms. The van der Waals surface area contributed by atoms with E-state index < -0.39 is 0 Å². The number of nitrogens with one attached hydrogen (secondary N) is 1. The Kier molecular flexibility index (Phi) is 6.34. The van der Waals surface area contributed by atoms with Crippen molar-refractivity contribution in [1.29, 1.82) is 10.5 Å². The predicted molar refractivity (Wildman–Crippen MR) is 110 cm³/mol.